The van der Waals surface area contributed by atoms with Gasteiger partial charge in [0, 0.05) is 13.1 Å². The van der Waals surface area contributed by atoms with Crippen LogP contribution in [0.4, 0.5) is 5.13 Å². The van der Waals surface area contributed by atoms with Gasteiger partial charge in [-0.15, -0.1) is 0 Å². The number of anilines is 1. The predicted molar refractivity (Wildman–Crippen MR) is 56.1 cm³/mol. The topological polar surface area (TPSA) is 74.7 Å². The molecule has 0 amide bonds. The zero-order valence-electron chi connectivity index (χ0n) is 7.68. The van der Waals surface area contributed by atoms with Gasteiger partial charge in [0.05, 0.1) is 11.1 Å². The van der Waals surface area contributed by atoms with Gasteiger partial charge in [-0.3, -0.25) is 0 Å². The molecule has 3 N–H and O–H groups in total. The molecular formula is C8H12N4OS. The molecule has 0 saturated carbocycles. The molecule has 2 heterocycles. The first-order valence-corrected chi connectivity index (χ1v) is 5.31. The predicted octanol–water partition coefficient (Wildman–Crippen LogP) is 0.838. The second kappa shape index (κ2) is 3.83. The molecule has 0 aliphatic carbocycles. The molecule has 1 saturated heterocycles. The van der Waals surface area contributed by atoms with Crippen molar-refractivity contribution in [3.05, 3.63) is 11.1 Å². The summed E-state index contributed by atoms with van der Waals surface area (Å²) >= 11 is 1.46. The molecule has 1 aromatic heterocycles. The molecule has 0 radical (unpaired) electrons. The van der Waals surface area contributed by atoms with Gasteiger partial charge in [-0.2, -0.15) is 0 Å². The monoisotopic (exact) mass is 212 g/mol. The van der Waals surface area contributed by atoms with Gasteiger partial charge in [0.25, 0.3) is 0 Å². The Morgan fingerprint density at radius 3 is 2.93 bits per heavy atom. The summed E-state index contributed by atoms with van der Waals surface area (Å²) in [6.07, 6.45) is 4.09. The quantitative estimate of drug-likeness (QED) is 0.330. The summed E-state index contributed by atoms with van der Waals surface area (Å²) in [4.78, 5) is 7.18. The van der Waals surface area contributed by atoms with Crippen molar-refractivity contribution in [1.82, 2.24) is 4.98 Å². The molecule has 0 atom stereocenters. The van der Waals surface area contributed by atoms with Crippen LogP contribution in [0.3, 0.4) is 0 Å². The highest BCUT2D eigenvalue weighted by Crippen LogP contribution is 2.25. The standard InChI is InChI=1S/C8H12N4OS/c9-7(11-13)6-5-10-8(14-6)12-3-1-2-4-12/h5,13H,1-4H2,(H2,9,11). The minimum atomic E-state index is 0.132. The van der Waals surface area contributed by atoms with Crippen molar-refractivity contribution in [3.8, 4) is 0 Å². The molecule has 0 spiro atoms. The van der Waals surface area contributed by atoms with Crippen LogP contribution < -0.4 is 10.6 Å². The number of oxime groups is 1. The van der Waals surface area contributed by atoms with Gasteiger partial charge in [0.1, 0.15) is 0 Å². The Labute approximate surface area is 85.9 Å². The smallest absolute Gasteiger partial charge is 0.185 e. The number of amidine groups is 1. The molecule has 5 nitrogen and oxygen atoms in total. The number of hydrogen-bond acceptors (Lipinski definition) is 5. The average molecular weight is 212 g/mol. The van der Waals surface area contributed by atoms with Crippen molar-refractivity contribution in [2.75, 3.05) is 18.0 Å². The van der Waals surface area contributed by atoms with E-state index in [1.807, 2.05) is 0 Å². The van der Waals surface area contributed by atoms with Crippen LogP contribution in [0.25, 0.3) is 0 Å². The van der Waals surface area contributed by atoms with E-state index in [1.165, 1.54) is 24.2 Å². The maximum absolute atomic E-state index is 8.49. The third kappa shape index (κ3) is 1.65. The minimum Gasteiger partial charge on any atom is -0.409 e. The van der Waals surface area contributed by atoms with Crippen molar-refractivity contribution in [1.29, 1.82) is 0 Å². The van der Waals surface area contributed by atoms with Gasteiger partial charge in [-0.1, -0.05) is 16.5 Å². The van der Waals surface area contributed by atoms with E-state index in [1.54, 1.807) is 6.20 Å². The van der Waals surface area contributed by atoms with Gasteiger partial charge in [0.15, 0.2) is 11.0 Å². The van der Waals surface area contributed by atoms with Crippen LogP contribution in [-0.4, -0.2) is 29.1 Å². The summed E-state index contributed by atoms with van der Waals surface area (Å²) in [5.41, 5.74) is 5.46. The third-order valence-corrected chi connectivity index (χ3v) is 3.31. The Hall–Kier alpha value is -1.30. The van der Waals surface area contributed by atoms with E-state index in [-0.39, 0.29) is 5.84 Å². The minimum absolute atomic E-state index is 0.132. The lowest BCUT2D eigenvalue weighted by molar-refractivity contribution is 0.319. The molecule has 1 aliphatic rings. The van der Waals surface area contributed by atoms with Gasteiger partial charge >= 0.3 is 0 Å². The van der Waals surface area contributed by atoms with E-state index in [4.69, 9.17) is 10.9 Å². The summed E-state index contributed by atoms with van der Waals surface area (Å²) in [5.74, 6) is 0.132. The fourth-order valence-electron chi connectivity index (χ4n) is 1.49. The number of rotatable bonds is 2. The Morgan fingerprint density at radius 1 is 1.57 bits per heavy atom. The van der Waals surface area contributed by atoms with Crippen LogP contribution in [-0.2, 0) is 0 Å². The van der Waals surface area contributed by atoms with Crippen LogP contribution in [0.2, 0.25) is 0 Å². The zero-order valence-corrected chi connectivity index (χ0v) is 8.50. The van der Waals surface area contributed by atoms with Crippen molar-refractivity contribution in [2.45, 2.75) is 12.8 Å². The summed E-state index contributed by atoms with van der Waals surface area (Å²) < 4.78 is 0. The lowest BCUT2D eigenvalue weighted by Crippen LogP contribution is -2.16. The molecule has 0 aromatic carbocycles. The Balaban J connectivity index is 2.16. The maximum Gasteiger partial charge on any atom is 0.185 e. The zero-order chi connectivity index (χ0) is 9.97. The largest absolute Gasteiger partial charge is 0.409 e. The van der Waals surface area contributed by atoms with Gasteiger partial charge < -0.3 is 15.8 Å². The first-order chi connectivity index (χ1) is 6.81. The second-order valence-electron chi connectivity index (χ2n) is 3.19. The van der Waals surface area contributed by atoms with Crippen LogP contribution in [0.5, 0.6) is 0 Å². The first kappa shape index (κ1) is 9.26. The van der Waals surface area contributed by atoms with E-state index in [2.05, 4.69) is 15.0 Å². The Morgan fingerprint density at radius 2 is 2.29 bits per heavy atom. The third-order valence-electron chi connectivity index (χ3n) is 2.23. The SMILES string of the molecule is N/C(=N/O)c1cnc(N2CCCC2)s1. The number of nitrogens with two attached hydrogens (primary N) is 1. The summed E-state index contributed by atoms with van der Waals surface area (Å²) in [7, 11) is 0. The Bertz CT molecular complexity index is 343. The van der Waals surface area contributed by atoms with Gasteiger partial charge in [-0.25, -0.2) is 4.98 Å². The number of thiazole rings is 1. The van der Waals surface area contributed by atoms with Crippen molar-refractivity contribution in [2.24, 2.45) is 10.9 Å². The van der Waals surface area contributed by atoms with Crippen LogP contribution in [0, 0.1) is 0 Å². The van der Waals surface area contributed by atoms with Gasteiger partial charge in [0.2, 0.25) is 0 Å². The molecule has 1 fully saturated rings. The number of hydrogen-bond donors (Lipinski definition) is 2. The summed E-state index contributed by atoms with van der Waals surface area (Å²) in [5, 5.41) is 12.4. The summed E-state index contributed by atoms with van der Waals surface area (Å²) in [6.45, 7) is 2.12. The lowest BCUT2D eigenvalue weighted by Gasteiger charge is -2.11. The maximum atomic E-state index is 8.49. The molecule has 76 valence electrons. The summed E-state index contributed by atoms with van der Waals surface area (Å²) in [6, 6.07) is 0. The van der Waals surface area contributed by atoms with E-state index in [0.29, 0.717) is 0 Å². The Kier molecular flexibility index (Phi) is 2.53. The van der Waals surface area contributed by atoms with E-state index in [9.17, 15) is 0 Å². The molecule has 14 heavy (non-hydrogen) atoms. The van der Waals surface area contributed by atoms with Crippen molar-refractivity contribution >= 4 is 22.3 Å². The van der Waals surface area contributed by atoms with Crippen LogP contribution in [0.1, 0.15) is 17.7 Å². The molecule has 1 aromatic rings. The highest BCUT2D eigenvalue weighted by atomic mass is 32.1. The van der Waals surface area contributed by atoms with E-state index in [0.717, 1.165) is 23.1 Å². The van der Waals surface area contributed by atoms with Crippen LogP contribution in [0.15, 0.2) is 11.4 Å². The van der Waals surface area contributed by atoms with E-state index >= 15 is 0 Å². The normalized spacial score (nSPS) is 17.7. The molecule has 1 aliphatic heterocycles. The fraction of sp³-hybridized carbons (Fsp3) is 0.500. The van der Waals surface area contributed by atoms with Crippen molar-refractivity contribution < 1.29 is 5.21 Å². The van der Waals surface area contributed by atoms with E-state index < -0.39 is 0 Å². The number of aromatic nitrogens is 1. The fourth-order valence-corrected chi connectivity index (χ4v) is 2.35. The number of nitrogens with zero attached hydrogens (tertiary/aromatic N) is 3. The van der Waals surface area contributed by atoms with Gasteiger partial charge in [-0.05, 0) is 12.8 Å². The molecule has 6 heteroatoms. The van der Waals surface area contributed by atoms with Crippen LogP contribution >= 0.6 is 11.3 Å². The highest BCUT2D eigenvalue weighted by molar-refractivity contribution is 7.17. The molecule has 0 bridgehead atoms. The lowest BCUT2D eigenvalue weighted by atomic mass is 10.4. The second-order valence-corrected chi connectivity index (χ2v) is 4.20. The average Bonchev–Trinajstić information content (AvgIpc) is 2.86. The molecule has 0 unspecified atom stereocenters. The highest BCUT2D eigenvalue weighted by Gasteiger charge is 2.16. The molecule has 2 rings (SSSR count). The first-order valence-electron chi connectivity index (χ1n) is 4.50. The molecular weight excluding hydrogens is 200 g/mol. The van der Waals surface area contributed by atoms with Crippen molar-refractivity contribution in [3.63, 3.8) is 0 Å².